The van der Waals surface area contributed by atoms with E-state index in [0.717, 1.165) is 12.0 Å². The van der Waals surface area contributed by atoms with Gasteiger partial charge in [-0.3, -0.25) is 4.79 Å². The van der Waals surface area contributed by atoms with Crippen LogP contribution in [0.1, 0.15) is 31.4 Å². The number of sulfonamides is 1. The Labute approximate surface area is 142 Å². The van der Waals surface area contributed by atoms with Gasteiger partial charge in [-0.25, -0.2) is 8.42 Å². The highest BCUT2D eigenvalue weighted by Crippen LogP contribution is 2.30. The molecule has 0 saturated carbocycles. The first kappa shape index (κ1) is 18.3. The van der Waals surface area contributed by atoms with Crippen LogP contribution in [0, 0.1) is 13.8 Å². The van der Waals surface area contributed by atoms with E-state index >= 15 is 0 Å². The van der Waals surface area contributed by atoms with Crippen LogP contribution in [0.3, 0.4) is 0 Å². The fourth-order valence-corrected chi connectivity index (χ4v) is 5.88. The van der Waals surface area contributed by atoms with E-state index in [-0.39, 0.29) is 16.8 Å². The summed E-state index contributed by atoms with van der Waals surface area (Å²) in [5, 5.41) is 2.89. The number of aryl methyl sites for hydroxylation is 2. The van der Waals surface area contributed by atoms with Crippen molar-refractivity contribution in [1.29, 1.82) is 0 Å². The second kappa shape index (κ2) is 7.23. The molecule has 0 spiro atoms. The standard InChI is InChI=1S/C16H24N2O3S2/c1-5-13(4)17-16(19)14-9-22-10-18(14)23(20,21)15-7-6-11(2)8-12(15)3/h6-8,13-14H,5,9-10H2,1-4H3,(H,17,19)/t13-,14-/m1/s1. The Hall–Kier alpha value is -1.05. The summed E-state index contributed by atoms with van der Waals surface area (Å²) in [5.41, 5.74) is 1.73. The Balaban J connectivity index is 2.29. The predicted molar refractivity (Wildman–Crippen MR) is 93.9 cm³/mol. The van der Waals surface area contributed by atoms with E-state index < -0.39 is 16.1 Å². The zero-order chi connectivity index (χ0) is 17.2. The van der Waals surface area contributed by atoms with Gasteiger partial charge in [-0.2, -0.15) is 4.31 Å². The number of benzene rings is 1. The topological polar surface area (TPSA) is 66.5 Å². The van der Waals surface area contributed by atoms with Crippen molar-refractivity contribution in [2.24, 2.45) is 0 Å². The highest BCUT2D eigenvalue weighted by atomic mass is 32.2. The molecule has 23 heavy (non-hydrogen) atoms. The van der Waals surface area contributed by atoms with Crippen molar-refractivity contribution >= 4 is 27.7 Å². The first-order chi connectivity index (χ1) is 10.8. The molecular formula is C16H24N2O3S2. The van der Waals surface area contributed by atoms with Gasteiger partial charge >= 0.3 is 0 Å². The third-order valence-corrected chi connectivity index (χ3v) is 7.25. The van der Waals surface area contributed by atoms with Gasteiger partial charge in [0.05, 0.1) is 10.8 Å². The maximum absolute atomic E-state index is 13.0. The molecule has 1 saturated heterocycles. The van der Waals surface area contributed by atoms with Crippen LogP contribution in [0.25, 0.3) is 0 Å². The van der Waals surface area contributed by atoms with Crippen LogP contribution in [0.15, 0.2) is 23.1 Å². The number of carbonyl (C=O) groups is 1. The zero-order valence-corrected chi connectivity index (χ0v) is 15.6. The van der Waals surface area contributed by atoms with Gasteiger partial charge in [-0.05, 0) is 38.8 Å². The molecule has 0 radical (unpaired) electrons. The van der Waals surface area contributed by atoms with E-state index in [1.54, 1.807) is 19.1 Å². The fraction of sp³-hybridized carbons (Fsp3) is 0.562. The SMILES string of the molecule is CC[C@@H](C)NC(=O)[C@H]1CSCN1S(=O)(=O)c1ccc(C)cc1C. The van der Waals surface area contributed by atoms with Gasteiger partial charge in [0, 0.05) is 11.8 Å². The molecule has 0 unspecified atom stereocenters. The molecule has 1 amide bonds. The molecule has 1 aromatic carbocycles. The molecule has 128 valence electrons. The van der Waals surface area contributed by atoms with Gasteiger partial charge in [0.1, 0.15) is 6.04 Å². The lowest BCUT2D eigenvalue weighted by atomic mass is 10.2. The molecule has 7 heteroatoms. The highest BCUT2D eigenvalue weighted by molar-refractivity contribution is 8.00. The van der Waals surface area contributed by atoms with Gasteiger partial charge < -0.3 is 5.32 Å². The maximum Gasteiger partial charge on any atom is 0.244 e. The van der Waals surface area contributed by atoms with E-state index in [9.17, 15) is 13.2 Å². The van der Waals surface area contributed by atoms with Crippen molar-refractivity contribution in [3.63, 3.8) is 0 Å². The maximum atomic E-state index is 13.0. The van der Waals surface area contributed by atoms with Crippen LogP contribution in [0.2, 0.25) is 0 Å². The summed E-state index contributed by atoms with van der Waals surface area (Å²) in [6, 6.07) is 4.67. The molecule has 0 bridgehead atoms. The molecule has 2 atom stereocenters. The Morgan fingerprint density at radius 2 is 2.13 bits per heavy atom. The van der Waals surface area contributed by atoms with Gasteiger partial charge in [-0.15, -0.1) is 11.8 Å². The van der Waals surface area contributed by atoms with Crippen molar-refractivity contribution in [2.45, 2.75) is 51.1 Å². The van der Waals surface area contributed by atoms with E-state index in [1.165, 1.54) is 16.1 Å². The van der Waals surface area contributed by atoms with E-state index in [4.69, 9.17) is 0 Å². The summed E-state index contributed by atoms with van der Waals surface area (Å²) >= 11 is 1.47. The van der Waals surface area contributed by atoms with Crippen LogP contribution in [0.4, 0.5) is 0 Å². The third-order valence-electron chi connectivity index (χ3n) is 4.06. The smallest absolute Gasteiger partial charge is 0.244 e. The number of hydrogen-bond acceptors (Lipinski definition) is 4. The van der Waals surface area contributed by atoms with E-state index in [2.05, 4.69) is 5.32 Å². The molecule has 1 aliphatic heterocycles. The molecule has 5 nitrogen and oxygen atoms in total. The Kier molecular flexibility index (Phi) is 5.75. The molecular weight excluding hydrogens is 332 g/mol. The van der Waals surface area contributed by atoms with Crippen LogP contribution in [-0.4, -0.2) is 42.3 Å². The van der Waals surface area contributed by atoms with Gasteiger partial charge in [0.15, 0.2) is 0 Å². The van der Waals surface area contributed by atoms with Gasteiger partial charge in [-0.1, -0.05) is 24.6 Å². The number of nitrogens with one attached hydrogen (secondary N) is 1. The molecule has 1 heterocycles. The van der Waals surface area contributed by atoms with Crippen LogP contribution >= 0.6 is 11.8 Å². The lowest BCUT2D eigenvalue weighted by molar-refractivity contribution is -0.124. The summed E-state index contributed by atoms with van der Waals surface area (Å²) in [4.78, 5) is 12.7. The Morgan fingerprint density at radius 3 is 2.74 bits per heavy atom. The second-order valence-corrected chi connectivity index (χ2v) is 8.85. The summed E-state index contributed by atoms with van der Waals surface area (Å²) in [5.74, 6) is 0.596. The van der Waals surface area contributed by atoms with Crippen LogP contribution < -0.4 is 5.32 Å². The number of amides is 1. The summed E-state index contributed by atoms with van der Waals surface area (Å²) in [6.07, 6.45) is 0.815. The Bertz CT molecular complexity index is 689. The first-order valence-electron chi connectivity index (χ1n) is 7.74. The van der Waals surface area contributed by atoms with Crippen LogP contribution in [-0.2, 0) is 14.8 Å². The van der Waals surface area contributed by atoms with Crippen molar-refractivity contribution in [1.82, 2.24) is 9.62 Å². The molecule has 0 aliphatic carbocycles. The Morgan fingerprint density at radius 1 is 1.43 bits per heavy atom. The van der Waals surface area contributed by atoms with Crippen molar-refractivity contribution < 1.29 is 13.2 Å². The largest absolute Gasteiger partial charge is 0.352 e. The average Bonchev–Trinajstić information content (AvgIpc) is 2.96. The fourth-order valence-electron chi connectivity index (χ4n) is 2.53. The minimum absolute atomic E-state index is 0.0405. The summed E-state index contributed by atoms with van der Waals surface area (Å²) in [7, 11) is -3.67. The average molecular weight is 357 g/mol. The van der Waals surface area contributed by atoms with Crippen molar-refractivity contribution in [3.05, 3.63) is 29.3 Å². The lowest BCUT2D eigenvalue weighted by Gasteiger charge is -2.24. The minimum atomic E-state index is -3.67. The number of hydrogen-bond donors (Lipinski definition) is 1. The first-order valence-corrected chi connectivity index (χ1v) is 10.3. The zero-order valence-electron chi connectivity index (χ0n) is 14.0. The predicted octanol–water partition coefficient (Wildman–Crippen LogP) is 2.28. The summed E-state index contributed by atoms with van der Waals surface area (Å²) in [6.45, 7) is 7.62. The quantitative estimate of drug-likeness (QED) is 0.879. The highest BCUT2D eigenvalue weighted by Gasteiger charge is 2.40. The van der Waals surface area contributed by atoms with Gasteiger partial charge in [0.25, 0.3) is 0 Å². The van der Waals surface area contributed by atoms with Crippen molar-refractivity contribution in [2.75, 3.05) is 11.6 Å². The molecule has 1 fully saturated rings. The molecule has 2 rings (SSSR count). The second-order valence-electron chi connectivity index (χ2n) is 5.99. The van der Waals surface area contributed by atoms with E-state index in [0.29, 0.717) is 17.2 Å². The number of rotatable bonds is 5. The summed E-state index contributed by atoms with van der Waals surface area (Å²) < 4.78 is 27.3. The lowest BCUT2D eigenvalue weighted by Crippen LogP contribution is -2.49. The monoisotopic (exact) mass is 356 g/mol. The molecule has 1 aromatic rings. The van der Waals surface area contributed by atoms with E-state index in [1.807, 2.05) is 26.8 Å². The molecule has 1 aliphatic rings. The molecule has 0 aromatic heterocycles. The van der Waals surface area contributed by atoms with Crippen LogP contribution in [0.5, 0.6) is 0 Å². The third kappa shape index (κ3) is 3.89. The number of nitrogens with zero attached hydrogens (tertiary/aromatic N) is 1. The number of carbonyl (C=O) groups excluding carboxylic acids is 1. The molecule has 1 N–H and O–H groups in total. The van der Waals surface area contributed by atoms with Crippen molar-refractivity contribution in [3.8, 4) is 0 Å². The normalized spacial score (nSPS) is 20.4. The van der Waals surface area contributed by atoms with Gasteiger partial charge in [0.2, 0.25) is 15.9 Å². The minimum Gasteiger partial charge on any atom is -0.352 e. The number of thioether (sulfide) groups is 1.